The van der Waals surface area contributed by atoms with Crippen LogP contribution in [-0.4, -0.2) is 41.6 Å². The zero-order valence-electron chi connectivity index (χ0n) is 13.6. The number of halogens is 1. The van der Waals surface area contributed by atoms with E-state index in [1.807, 2.05) is 49.3 Å². The monoisotopic (exact) mass is 326 g/mol. The van der Waals surface area contributed by atoms with Gasteiger partial charge in [-0.1, -0.05) is 30.3 Å². The van der Waals surface area contributed by atoms with E-state index in [1.165, 1.54) is 12.1 Å². The van der Waals surface area contributed by atoms with Crippen LogP contribution in [0.15, 0.2) is 48.5 Å². The first-order chi connectivity index (χ1) is 11.6. The van der Waals surface area contributed by atoms with Crippen molar-refractivity contribution in [2.75, 3.05) is 20.6 Å². The molecule has 2 aromatic carbocycles. The normalized spacial score (nSPS) is 12.5. The number of nitrogens with zero attached hydrogens (tertiary/aromatic N) is 2. The van der Waals surface area contributed by atoms with Gasteiger partial charge in [0.15, 0.2) is 5.69 Å². The van der Waals surface area contributed by atoms with Gasteiger partial charge in [0.05, 0.1) is 11.6 Å². The Morgan fingerprint density at radius 1 is 1.25 bits per heavy atom. The number of aromatic nitrogens is 2. The van der Waals surface area contributed by atoms with E-state index in [4.69, 9.17) is 0 Å². The van der Waals surface area contributed by atoms with Gasteiger partial charge >= 0.3 is 0 Å². The second kappa shape index (κ2) is 6.80. The van der Waals surface area contributed by atoms with E-state index < -0.39 is 0 Å². The molecule has 2 N–H and O–H groups in total. The number of benzene rings is 2. The predicted molar refractivity (Wildman–Crippen MR) is 91.3 cm³/mol. The summed E-state index contributed by atoms with van der Waals surface area (Å²) < 4.78 is 13.5. The number of hydrogen-bond acceptors (Lipinski definition) is 3. The molecule has 0 unspecified atom stereocenters. The molecule has 0 spiro atoms. The molecule has 0 aliphatic carbocycles. The summed E-state index contributed by atoms with van der Waals surface area (Å²) in [5, 5.41) is 10.6. The van der Waals surface area contributed by atoms with Crippen molar-refractivity contribution in [3.8, 4) is 0 Å². The zero-order chi connectivity index (χ0) is 17.1. The van der Waals surface area contributed by atoms with E-state index >= 15 is 0 Å². The van der Waals surface area contributed by atoms with Gasteiger partial charge in [-0.25, -0.2) is 4.39 Å². The number of carbonyl (C=O) groups excluding carboxylic acids is 1. The summed E-state index contributed by atoms with van der Waals surface area (Å²) in [6.07, 6.45) is 0. The van der Waals surface area contributed by atoms with Crippen LogP contribution in [-0.2, 0) is 0 Å². The Hall–Kier alpha value is -2.73. The maximum atomic E-state index is 13.5. The lowest BCUT2D eigenvalue weighted by atomic mass is 10.1. The van der Waals surface area contributed by atoms with E-state index in [1.54, 1.807) is 6.07 Å². The Balaban J connectivity index is 1.76. The van der Waals surface area contributed by atoms with Gasteiger partial charge in [0.25, 0.3) is 5.91 Å². The quantitative estimate of drug-likeness (QED) is 0.758. The number of para-hydroxylation sites is 1. The fourth-order valence-corrected chi connectivity index (χ4v) is 2.72. The van der Waals surface area contributed by atoms with Crippen LogP contribution >= 0.6 is 0 Å². The van der Waals surface area contributed by atoms with Gasteiger partial charge in [0.1, 0.15) is 5.82 Å². The SMILES string of the molecule is CN(C)[C@H](CNC(=O)c1n[nH]c2ccccc12)c1cccc(F)c1. The molecule has 1 aromatic heterocycles. The van der Waals surface area contributed by atoms with E-state index in [2.05, 4.69) is 15.5 Å². The predicted octanol–water partition coefficient (Wildman–Crippen LogP) is 2.73. The van der Waals surface area contributed by atoms with Crippen LogP contribution in [0.4, 0.5) is 4.39 Å². The highest BCUT2D eigenvalue weighted by Gasteiger charge is 2.18. The third-order valence-electron chi connectivity index (χ3n) is 4.00. The second-order valence-corrected chi connectivity index (χ2v) is 5.86. The first-order valence-electron chi connectivity index (χ1n) is 7.69. The summed E-state index contributed by atoms with van der Waals surface area (Å²) in [5.74, 6) is -0.542. The number of amides is 1. The first kappa shape index (κ1) is 16.1. The summed E-state index contributed by atoms with van der Waals surface area (Å²) in [7, 11) is 3.79. The minimum absolute atomic E-state index is 0.130. The molecule has 6 heteroatoms. The molecule has 0 saturated carbocycles. The number of hydrogen-bond donors (Lipinski definition) is 2. The molecule has 0 saturated heterocycles. The molecule has 0 fully saturated rings. The average molecular weight is 326 g/mol. The van der Waals surface area contributed by atoms with Crippen LogP contribution in [0.5, 0.6) is 0 Å². The Morgan fingerprint density at radius 2 is 2.04 bits per heavy atom. The van der Waals surface area contributed by atoms with E-state index in [-0.39, 0.29) is 17.8 Å². The number of rotatable bonds is 5. The number of carbonyl (C=O) groups is 1. The van der Waals surface area contributed by atoms with Crippen molar-refractivity contribution in [1.82, 2.24) is 20.4 Å². The molecular formula is C18H19FN4O. The van der Waals surface area contributed by atoms with E-state index in [0.717, 1.165) is 16.5 Å². The average Bonchev–Trinajstić information content (AvgIpc) is 2.99. The number of likely N-dealkylation sites (N-methyl/N-ethyl adjacent to an activating group) is 1. The molecule has 1 heterocycles. The van der Waals surface area contributed by atoms with Crippen LogP contribution in [0.1, 0.15) is 22.1 Å². The van der Waals surface area contributed by atoms with Crippen molar-refractivity contribution in [3.63, 3.8) is 0 Å². The van der Waals surface area contributed by atoms with Crippen LogP contribution in [0.25, 0.3) is 10.9 Å². The van der Waals surface area contributed by atoms with Crippen LogP contribution in [0, 0.1) is 5.82 Å². The lowest BCUT2D eigenvalue weighted by Crippen LogP contribution is -2.34. The lowest BCUT2D eigenvalue weighted by molar-refractivity contribution is 0.0938. The zero-order valence-corrected chi connectivity index (χ0v) is 13.6. The third-order valence-corrected chi connectivity index (χ3v) is 4.00. The Morgan fingerprint density at radius 3 is 2.79 bits per heavy atom. The molecule has 5 nitrogen and oxygen atoms in total. The highest BCUT2D eigenvalue weighted by Crippen LogP contribution is 2.19. The molecule has 0 aliphatic rings. The summed E-state index contributed by atoms with van der Waals surface area (Å²) in [5.41, 5.74) is 1.99. The number of H-pyrrole nitrogens is 1. The van der Waals surface area contributed by atoms with Crippen molar-refractivity contribution >= 4 is 16.8 Å². The maximum Gasteiger partial charge on any atom is 0.272 e. The van der Waals surface area contributed by atoms with Gasteiger partial charge in [0.2, 0.25) is 0 Å². The summed E-state index contributed by atoms with van der Waals surface area (Å²) in [6, 6.07) is 13.8. The van der Waals surface area contributed by atoms with Crippen molar-refractivity contribution in [2.45, 2.75) is 6.04 Å². The summed E-state index contributed by atoms with van der Waals surface area (Å²) in [4.78, 5) is 14.4. The van der Waals surface area contributed by atoms with Gasteiger partial charge in [-0.15, -0.1) is 0 Å². The van der Waals surface area contributed by atoms with E-state index in [0.29, 0.717) is 12.2 Å². The molecule has 1 amide bonds. The third kappa shape index (κ3) is 3.28. The van der Waals surface area contributed by atoms with Gasteiger partial charge in [-0.2, -0.15) is 5.10 Å². The molecule has 3 rings (SSSR count). The lowest BCUT2D eigenvalue weighted by Gasteiger charge is -2.25. The van der Waals surface area contributed by atoms with E-state index in [9.17, 15) is 9.18 Å². The van der Waals surface area contributed by atoms with Crippen LogP contribution < -0.4 is 5.32 Å². The number of fused-ring (bicyclic) bond motifs is 1. The van der Waals surface area contributed by atoms with Gasteiger partial charge in [-0.05, 0) is 37.9 Å². The van der Waals surface area contributed by atoms with Crippen molar-refractivity contribution in [1.29, 1.82) is 0 Å². The Labute approximate surface area is 139 Å². The van der Waals surface area contributed by atoms with Gasteiger partial charge in [0, 0.05) is 11.9 Å². The van der Waals surface area contributed by atoms with Crippen LogP contribution in [0.3, 0.4) is 0 Å². The van der Waals surface area contributed by atoms with Crippen molar-refractivity contribution < 1.29 is 9.18 Å². The summed E-state index contributed by atoms with van der Waals surface area (Å²) in [6.45, 7) is 0.358. The molecule has 0 radical (unpaired) electrons. The second-order valence-electron chi connectivity index (χ2n) is 5.86. The molecule has 0 bridgehead atoms. The minimum Gasteiger partial charge on any atom is -0.349 e. The fourth-order valence-electron chi connectivity index (χ4n) is 2.72. The number of nitrogens with one attached hydrogen (secondary N) is 2. The Bertz CT molecular complexity index is 859. The minimum atomic E-state index is -0.288. The molecule has 124 valence electrons. The van der Waals surface area contributed by atoms with Gasteiger partial charge in [-0.3, -0.25) is 9.89 Å². The highest BCUT2D eigenvalue weighted by atomic mass is 19.1. The van der Waals surface area contributed by atoms with Crippen LogP contribution in [0.2, 0.25) is 0 Å². The Kier molecular flexibility index (Phi) is 4.57. The number of aromatic amines is 1. The summed E-state index contributed by atoms with van der Waals surface area (Å²) >= 11 is 0. The topological polar surface area (TPSA) is 61.0 Å². The molecule has 1 atom stereocenters. The van der Waals surface area contributed by atoms with Crippen molar-refractivity contribution in [2.24, 2.45) is 0 Å². The van der Waals surface area contributed by atoms with Crippen molar-refractivity contribution in [3.05, 3.63) is 65.6 Å². The fraction of sp³-hybridized carbons (Fsp3) is 0.222. The highest BCUT2D eigenvalue weighted by molar-refractivity contribution is 6.04. The first-order valence-corrected chi connectivity index (χ1v) is 7.69. The molecular weight excluding hydrogens is 307 g/mol. The maximum absolute atomic E-state index is 13.5. The molecule has 0 aliphatic heterocycles. The smallest absolute Gasteiger partial charge is 0.272 e. The molecule has 3 aromatic rings. The largest absolute Gasteiger partial charge is 0.349 e. The molecule has 24 heavy (non-hydrogen) atoms. The standard InChI is InChI=1S/C18H19FN4O/c1-23(2)16(12-6-5-7-13(19)10-12)11-20-18(24)17-14-8-3-4-9-15(14)21-22-17/h3-10,16H,11H2,1-2H3,(H,20,24)(H,21,22)/t16-/m1/s1. The van der Waals surface area contributed by atoms with Gasteiger partial charge < -0.3 is 10.2 Å².